The Balaban J connectivity index is 1.43. The number of amides is 4. The first-order chi connectivity index (χ1) is 15.8. The van der Waals surface area contributed by atoms with Gasteiger partial charge in [-0.1, -0.05) is 13.8 Å². The molecule has 1 aliphatic rings. The third kappa shape index (κ3) is 4.85. The smallest absolute Gasteiger partial charge is 0.261 e. The molecule has 0 saturated carbocycles. The topological polar surface area (TPSA) is 109 Å². The van der Waals surface area contributed by atoms with Gasteiger partial charge in [-0.25, -0.2) is 0 Å². The Morgan fingerprint density at radius 3 is 2.21 bits per heavy atom. The highest BCUT2D eigenvalue weighted by molar-refractivity contribution is 6.22. The van der Waals surface area contributed by atoms with E-state index in [1.165, 1.54) is 24.5 Å². The van der Waals surface area contributed by atoms with Crippen molar-refractivity contribution in [2.45, 2.75) is 26.8 Å². The average molecular weight is 445 g/mol. The van der Waals surface area contributed by atoms with Crippen LogP contribution < -0.4 is 10.6 Å². The van der Waals surface area contributed by atoms with Crippen molar-refractivity contribution in [1.29, 1.82) is 0 Å². The molecule has 0 atom stereocenters. The van der Waals surface area contributed by atoms with Gasteiger partial charge in [-0.3, -0.25) is 24.1 Å². The first-order valence-corrected chi connectivity index (χ1v) is 10.6. The van der Waals surface area contributed by atoms with Gasteiger partial charge in [0, 0.05) is 23.4 Å². The van der Waals surface area contributed by atoms with Crippen LogP contribution in [0.1, 0.15) is 57.1 Å². The molecule has 0 spiro atoms. The molecule has 2 N–H and O–H groups in total. The van der Waals surface area contributed by atoms with Gasteiger partial charge in [0.05, 0.1) is 23.9 Å². The highest BCUT2D eigenvalue weighted by atomic mass is 16.3. The van der Waals surface area contributed by atoms with E-state index < -0.39 is 17.7 Å². The molecule has 3 aromatic rings. The molecular weight excluding hydrogens is 422 g/mol. The fraction of sp³-hybridized carbons (Fsp3) is 0.200. The monoisotopic (exact) mass is 445 g/mol. The van der Waals surface area contributed by atoms with E-state index in [0.29, 0.717) is 23.6 Å². The Morgan fingerprint density at radius 1 is 0.909 bits per heavy atom. The van der Waals surface area contributed by atoms with Gasteiger partial charge in [0.1, 0.15) is 5.76 Å². The van der Waals surface area contributed by atoms with Crippen molar-refractivity contribution < 1.29 is 23.6 Å². The second-order valence-electron chi connectivity index (χ2n) is 8.21. The number of furan rings is 1. The Kier molecular flexibility index (Phi) is 6.08. The zero-order valence-electron chi connectivity index (χ0n) is 18.3. The highest BCUT2D eigenvalue weighted by Crippen LogP contribution is 2.26. The maximum atomic E-state index is 12.8. The molecule has 2 heterocycles. The van der Waals surface area contributed by atoms with E-state index in [4.69, 9.17) is 4.42 Å². The van der Waals surface area contributed by atoms with Crippen molar-refractivity contribution in [3.63, 3.8) is 0 Å². The van der Waals surface area contributed by atoms with Crippen molar-refractivity contribution in [2.75, 3.05) is 10.6 Å². The maximum absolute atomic E-state index is 12.8. The molecule has 0 unspecified atom stereocenters. The highest BCUT2D eigenvalue weighted by Gasteiger charge is 2.36. The molecule has 1 aliphatic heterocycles. The van der Waals surface area contributed by atoms with Crippen LogP contribution >= 0.6 is 0 Å². The number of carbonyl (C=O) groups is 4. The van der Waals surface area contributed by atoms with Crippen LogP contribution in [0.3, 0.4) is 0 Å². The van der Waals surface area contributed by atoms with E-state index in [-0.39, 0.29) is 35.1 Å². The first-order valence-electron chi connectivity index (χ1n) is 10.6. The number of carbonyl (C=O) groups excluding carboxylic acids is 4. The van der Waals surface area contributed by atoms with E-state index in [2.05, 4.69) is 10.6 Å². The van der Waals surface area contributed by atoms with Crippen LogP contribution in [0.2, 0.25) is 0 Å². The molecule has 0 fully saturated rings. The van der Waals surface area contributed by atoms with Crippen LogP contribution in [-0.4, -0.2) is 28.5 Å². The van der Waals surface area contributed by atoms with Crippen LogP contribution in [-0.2, 0) is 11.3 Å². The first kappa shape index (κ1) is 22.0. The molecule has 8 nitrogen and oxygen atoms in total. The Morgan fingerprint density at radius 2 is 1.58 bits per heavy atom. The van der Waals surface area contributed by atoms with Crippen molar-refractivity contribution >= 4 is 35.0 Å². The van der Waals surface area contributed by atoms with E-state index in [9.17, 15) is 19.2 Å². The summed E-state index contributed by atoms with van der Waals surface area (Å²) in [6.45, 7) is 3.97. The fourth-order valence-corrected chi connectivity index (χ4v) is 3.56. The fourth-order valence-electron chi connectivity index (χ4n) is 3.56. The summed E-state index contributed by atoms with van der Waals surface area (Å²) in [6.07, 6.45) is 1.90. The molecule has 0 saturated heterocycles. The van der Waals surface area contributed by atoms with E-state index in [0.717, 1.165) is 4.90 Å². The van der Waals surface area contributed by atoms with E-state index in [1.807, 2.05) is 13.8 Å². The SMILES string of the molecule is CC(C)CC(=O)Nc1ccc(NC(=O)c2ccc3c(c2)C(=O)N(Cc2ccco2)C3=O)cc1. The summed E-state index contributed by atoms with van der Waals surface area (Å²) in [5, 5.41) is 5.57. The van der Waals surface area contributed by atoms with Crippen molar-refractivity contribution in [2.24, 2.45) is 5.92 Å². The number of hydrogen-bond donors (Lipinski definition) is 2. The van der Waals surface area contributed by atoms with Gasteiger partial charge in [0.15, 0.2) is 0 Å². The van der Waals surface area contributed by atoms with Crippen LogP contribution in [0.5, 0.6) is 0 Å². The summed E-state index contributed by atoms with van der Waals surface area (Å²) in [4.78, 5) is 51.1. The summed E-state index contributed by atoms with van der Waals surface area (Å²) < 4.78 is 5.23. The minimum absolute atomic E-state index is 0.0287. The predicted octanol–water partition coefficient (Wildman–Crippen LogP) is 4.31. The molecule has 0 aliphatic carbocycles. The Hall–Kier alpha value is -4.20. The molecule has 0 radical (unpaired) electrons. The second kappa shape index (κ2) is 9.12. The van der Waals surface area contributed by atoms with Crippen LogP contribution in [0.15, 0.2) is 65.3 Å². The second-order valence-corrected chi connectivity index (χ2v) is 8.21. The molecule has 4 rings (SSSR count). The summed E-state index contributed by atoms with van der Waals surface area (Å²) in [5.74, 6) is -0.628. The Bertz CT molecular complexity index is 1210. The normalized spacial score (nSPS) is 12.8. The Labute approximate surface area is 190 Å². The maximum Gasteiger partial charge on any atom is 0.261 e. The number of nitrogens with one attached hydrogen (secondary N) is 2. The quantitative estimate of drug-likeness (QED) is 0.527. The van der Waals surface area contributed by atoms with Crippen molar-refractivity contribution in [3.8, 4) is 0 Å². The number of hydrogen-bond acceptors (Lipinski definition) is 5. The summed E-state index contributed by atoms with van der Waals surface area (Å²) in [7, 11) is 0. The molecule has 8 heteroatoms. The largest absolute Gasteiger partial charge is 0.467 e. The van der Waals surface area contributed by atoms with Crippen LogP contribution in [0.25, 0.3) is 0 Å². The lowest BCUT2D eigenvalue weighted by atomic mass is 10.1. The summed E-state index contributed by atoms with van der Waals surface area (Å²) in [6, 6.07) is 14.5. The number of anilines is 2. The molecule has 0 bridgehead atoms. The van der Waals surface area contributed by atoms with E-state index in [1.54, 1.807) is 36.4 Å². The van der Waals surface area contributed by atoms with Crippen LogP contribution in [0, 0.1) is 5.92 Å². The number of rotatable bonds is 7. The summed E-state index contributed by atoms with van der Waals surface area (Å²) >= 11 is 0. The third-order valence-electron chi connectivity index (χ3n) is 5.15. The molecule has 2 aromatic carbocycles. The minimum atomic E-state index is -0.470. The zero-order valence-corrected chi connectivity index (χ0v) is 18.3. The lowest BCUT2D eigenvalue weighted by Crippen LogP contribution is -2.28. The standard InChI is InChI=1S/C25H23N3O5/c1-15(2)12-22(29)26-17-6-8-18(9-7-17)27-23(30)16-5-10-20-21(13-16)25(32)28(24(20)31)14-19-4-3-11-33-19/h3-11,13,15H,12,14H2,1-2H3,(H,26,29)(H,27,30). The van der Waals surface area contributed by atoms with Gasteiger partial charge in [-0.2, -0.15) is 0 Å². The molecule has 33 heavy (non-hydrogen) atoms. The van der Waals surface area contributed by atoms with Gasteiger partial charge in [-0.05, 0) is 60.5 Å². The molecule has 168 valence electrons. The van der Waals surface area contributed by atoms with Crippen LogP contribution in [0.4, 0.5) is 11.4 Å². The predicted molar refractivity (Wildman–Crippen MR) is 122 cm³/mol. The molecular formula is C25H23N3O5. The lowest BCUT2D eigenvalue weighted by Gasteiger charge is -2.11. The lowest BCUT2D eigenvalue weighted by molar-refractivity contribution is -0.116. The number of fused-ring (bicyclic) bond motifs is 1. The summed E-state index contributed by atoms with van der Waals surface area (Å²) in [5.41, 5.74) is 1.86. The van der Waals surface area contributed by atoms with Gasteiger partial charge in [-0.15, -0.1) is 0 Å². The van der Waals surface area contributed by atoms with Gasteiger partial charge < -0.3 is 15.1 Å². The van der Waals surface area contributed by atoms with Gasteiger partial charge in [0.25, 0.3) is 17.7 Å². The molecule has 1 aromatic heterocycles. The number of imide groups is 1. The van der Waals surface area contributed by atoms with Crippen molar-refractivity contribution in [3.05, 3.63) is 83.3 Å². The van der Waals surface area contributed by atoms with Gasteiger partial charge in [0.2, 0.25) is 5.91 Å². The number of nitrogens with zero attached hydrogens (tertiary/aromatic N) is 1. The number of benzene rings is 2. The van der Waals surface area contributed by atoms with Crippen molar-refractivity contribution in [1.82, 2.24) is 4.90 Å². The third-order valence-corrected chi connectivity index (χ3v) is 5.15. The molecule has 4 amide bonds. The van der Waals surface area contributed by atoms with E-state index >= 15 is 0 Å². The van der Waals surface area contributed by atoms with Gasteiger partial charge >= 0.3 is 0 Å². The zero-order chi connectivity index (χ0) is 23.5. The average Bonchev–Trinajstić information content (AvgIpc) is 3.37. The minimum Gasteiger partial charge on any atom is -0.467 e.